The summed E-state index contributed by atoms with van der Waals surface area (Å²) in [5.41, 5.74) is 1.78. The van der Waals surface area contributed by atoms with Crippen molar-refractivity contribution in [1.29, 1.82) is 0 Å². The maximum Gasteiger partial charge on any atom is 0.266 e. The first-order valence-corrected chi connectivity index (χ1v) is 9.71. The molecule has 1 N–H and O–H groups in total. The topological polar surface area (TPSA) is 85.3 Å². The van der Waals surface area contributed by atoms with Gasteiger partial charge in [0.05, 0.1) is 11.2 Å². The molecule has 136 valence electrons. The zero-order valence-corrected chi connectivity index (χ0v) is 15.2. The van der Waals surface area contributed by atoms with E-state index in [1.165, 1.54) is 18.4 Å². The molecule has 2 aromatic heterocycles. The second-order valence-electron chi connectivity index (χ2n) is 5.94. The highest BCUT2D eigenvalue weighted by Gasteiger charge is 2.29. The number of sulfone groups is 1. The highest BCUT2D eigenvalue weighted by molar-refractivity contribution is 7.91. The van der Waals surface area contributed by atoms with Crippen molar-refractivity contribution in [2.24, 2.45) is 0 Å². The van der Waals surface area contributed by atoms with Gasteiger partial charge in [-0.05, 0) is 43.3 Å². The average Bonchev–Trinajstić information content (AvgIpc) is 3.34. The minimum atomic E-state index is -3.88. The zero-order chi connectivity index (χ0) is 18.9. The molecule has 0 amide bonds. The van der Waals surface area contributed by atoms with Crippen molar-refractivity contribution < 1.29 is 17.3 Å². The van der Waals surface area contributed by atoms with Crippen LogP contribution >= 0.6 is 0 Å². The van der Waals surface area contributed by atoms with Crippen molar-refractivity contribution >= 4 is 21.4 Å². The third kappa shape index (κ3) is 3.37. The van der Waals surface area contributed by atoms with Crippen LogP contribution in [0.1, 0.15) is 5.56 Å². The van der Waals surface area contributed by atoms with Crippen LogP contribution in [-0.4, -0.2) is 13.4 Å². The van der Waals surface area contributed by atoms with Crippen LogP contribution in [0.3, 0.4) is 0 Å². The van der Waals surface area contributed by atoms with Crippen molar-refractivity contribution in [3.05, 3.63) is 78.6 Å². The predicted octanol–water partition coefficient (Wildman–Crippen LogP) is 4.82. The molecule has 0 unspecified atom stereocenters. The third-order valence-electron chi connectivity index (χ3n) is 3.95. The first-order valence-electron chi connectivity index (χ1n) is 8.22. The Morgan fingerprint density at radius 2 is 1.67 bits per heavy atom. The van der Waals surface area contributed by atoms with Gasteiger partial charge in [-0.25, -0.2) is 8.42 Å². The largest absolute Gasteiger partial charge is 0.459 e. The molecule has 0 aliphatic heterocycles. The van der Waals surface area contributed by atoms with Gasteiger partial charge in [-0.15, -0.1) is 0 Å². The van der Waals surface area contributed by atoms with E-state index < -0.39 is 9.84 Å². The summed E-state index contributed by atoms with van der Waals surface area (Å²) in [4.78, 5) is 4.34. The number of oxazole rings is 1. The lowest BCUT2D eigenvalue weighted by Crippen LogP contribution is -2.05. The van der Waals surface area contributed by atoms with E-state index in [4.69, 9.17) is 8.83 Å². The fourth-order valence-corrected chi connectivity index (χ4v) is 3.83. The molecule has 2 heterocycles. The molecule has 0 bridgehead atoms. The highest BCUT2D eigenvalue weighted by Crippen LogP contribution is 2.34. The Kier molecular flexibility index (Phi) is 4.29. The van der Waals surface area contributed by atoms with E-state index in [2.05, 4.69) is 10.3 Å². The Morgan fingerprint density at radius 3 is 2.33 bits per heavy atom. The number of rotatable bonds is 5. The molecule has 0 saturated heterocycles. The van der Waals surface area contributed by atoms with Gasteiger partial charge in [-0.2, -0.15) is 4.98 Å². The van der Waals surface area contributed by atoms with Crippen molar-refractivity contribution in [2.45, 2.75) is 16.8 Å². The van der Waals surface area contributed by atoms with Crippen LogP contribution in [0.4, 0.5) is 11.6 Å². The Hall–Kier alpha value is -3.32. The van der Waals surface area contributed by atoms with E-state index in [0.29, 0.717) is 11.4 Å². The molecular weight excluding hydrogens is 364 g/mol. The smallest absolute Gasteiger partial charge is 0.266 e. The summed E-state index contributed by atoms with van der Waals surface area (Å²) in [5.74, 6) is 0.467. The maximum absolute atomic E-state index is 13.1. The molecule has 4 rings (SSSR count). The number of benzene rings is 2. The second-order valence-corrected chi connectivity index (χ2v) is 7.80. The van der Waals surface area contributed by atoms with Crippen molar-refractivity contribution in [1.82, 2.24) is 4.98 Å². The van der Waals surface area contributed by atoms with Crippen LogP contribution in [0.25, 0.3) is 11.7 Å². The molecule has 0 atom stereocenters. The van der Waals surface area contributed by atoms with Crippen LogP contribution < -0.4 is 5.32 Å². The summed E-state index contributed by atoms with van der Waals surface area (Å²) < 4.78 is 37.2. The number of nitrogens with one attached hydrogen (secondary N) is 1. The van der Waals surface area contributed by atoms with Gasteiger partial charge in [0.1, 0.15) is 0 Å². The SMILES string of the molecule is Cc1ccc(Nc2oc(-c3ccco3)nc2S(=O)(=O)c2ccccc2)cc1. The fraction of sp³-hybridized carbons (Fsp3) is 0.0500. The number of aromatic nitrogens is 1. The lowest BCUT2D eigenvalue weighted by Gasteiger charge is -2.06. The predicted molar refractivity (Wildman–Crippen MR) is 101 cm³/mol. The Bertz CT molecular complexity index is 1150. The van der Waals surface area contributed by atoms with Gasteiger partial charge < -0.3 is 14.2 Å². The normalized spacial score (nSPS) is 11.4. The number of hydrogen-bond donors (Lipinski definition) is 1. The number of hydrogen-bond acceptors (Lipinski definition) is 6. The molecule has 0 saturated carbocycles. The molecule has 2 aromatic carbocycles. The quantitative estimate of drug-likeness (QED) is 0.534. The van der Waals surface area contributed by atoms with Gasteiger partial charge in [-0.3, -0.25) is 0 Å². The molecule has 0 aliphatic rings. The highest BCUT2D eigenvalue weighted by atomic mass is 32.2. The first kappa shape index (κ1) is 17.1. The first-order chi connectivity index (χ1) is 13.0. The van der Waals surface area contributed by atoms with Crippen LogP contribution in [0.15, 0.2) is 91.7 Å². The standard InChI is InChI=1S/C20H16N2O4S/c1-14-9-11-15(12-10-14)21-19-20(22-18(26-19)17-8-5-13-25-17)27(23,24)16-6-3-2-4-7-16/h2-13,21H,1H3. The molecule has 6 nitrogen and oxygen atoms in total. The lowest BCUT2D eigenvalue weighted by molar-refractivity contribution is 0.524. The van der Waals surface area contributed by atoms with Crippen molar-refractivity contribution in [3.8, 4) is 11.7 Å². The fourth-order valence-electron chi connectivity index (χ4n) is 2.55. The Balaban J connectivity index is 1.83. The minimum Gasteiger partial charge on any atom is -0.459 e. The van der Waals surface area contributed by atoms with E-state index in [0.717, 1.165) is 5.56 Å². The van der Waals surface area contributed by atoms with E-state index in [1.807, 2.05) is 31.2 Å². The van der Waals surface area contributed by atoms with Crippen LogP contribution in [0.2, 0.25) is 0 Å². The summed E-state index contributed by atoms with van der Waals surface area (Å²) in [6.45, 7) is 1.97. The molecule has 0 aliphatic carbocycles. The molecule has 0 fully saturated rings. The van der Waals surface area contributed by atoms with Crippen LogP contribution in [0.5, 0.6) is 0 Å². The maximum atomic E-state index is 13.1. The van der Waals surface area contributed by atoms with Crippen LogP contribution in [-0.2, 0) is 9.84 Å². The number of aryl methyl sites for hydroxylation is 1. The average molecular weight is 380 g/mol. The number of anilines is 2. The van der Waals surface area contributed by atoms with Gasteiger partial charge in [0.15, 0.2) is 5.76 Å². The zero-order valence-electron chi connectivity index (χ0n) is 14.4. The van der Waals surface area contributed by atoms with Crippen LogP contribution in [0, 0.1) is 6.92 Å². The molecule has 0 spiro atoms. The summed E-state index contributed by atoms with van der Waals surface area (Å²) in [5, 5.41) is 2.81. The third-order valence-corrected chi connectivity index (χ3v) is 5.62. The number of nitrogens with zero attached hydrogens (tertiary/aromatic N) is 1. The van der Waals surface area contributed by atoms with E-state index >= 15 is 0 Å². The molecule has 4 aromatic rings. The summed E-state index contributed by atoms with van der Waals surface area (Å²) >= 11 is 0. The van der Waals surface area contributed by atoms with E-state index in [1.54, 1.807) is 30.3 Å². The Labute approximate surface area is 156 Å². The lowest BCUT2D eigenvalue weighted by atomic mass is 10.2. The minimum absolute atomic E-state index is 0.0362. The monoisotopic (exact) mass is 380 g/mol. The van der Waals surface area contributed by atoms with E-state index in [-0.39, 0.29) is 21.7 Å². The van der Waals surface area contributed by atoms with Crippen molar-refractivity contribution in [2.75, 3.05) is 5.32 Å². The van der Waals surface area contributed by atoms with Gasteiger partial charge in [0.2, 0.25) is 20.7 Å². The van der Waals surface area contributed by atoms with Crippen molar-refractivity contribution in [3.63, 3.8) is 0 Å². The van der Waals surface area contributed by atoms with E-state index in [9.17, 15) is 8.42 Å². The van der Waals surface area contributed by atoms with Gasteiger partial charge in [0, 0.05) is 5.69 Å². The van der Waals surface area contributed by atoms with Gasteiger partial charge in [0.25, 0.3) is 5.89 Å². The molecule has 27 heavy (non-hydrogen) atoms. The second kappa shape index (κ2) is 6.77. The Morgan fingerprint density at radius 1 is 0.926 bits per heavy atom. The number of furan rings is 1. The van der Waals surface area contributed by atoms with Gasteiger partial charge in [-0.1, -0.05) is 35.9 Å². The van der Waals surface area contributed by atoms with Gasteiger partial charge >= 0.3 is 0 Å². The molecule has 0 radical (unpaired) electrons. The summed E-state index contributed by atoms with van der Waals surface area (Å²) in [6, 6.07) is 18.9. The summed E-state index contributed by atoms with van der Waals surface area (Å²) in [7, 11) is -3.88. The summed E-state index contributed by atoms with van der Waals surface area (Å²) in [6.07, 6.45) is 1.47. The molecular formula is C20H16N2O4S. The molecule has 7 heteroatoms.